The third-order valence-corrected chi connectivity index (χ3v) is 3.84. The van der Waals surface area contributed by atoms with Crippen LogP contribution in [0.15, 0.2) is 30.6 Å². The van der Waals surface area contributed by atoms with E-state index < -0.39 is 5.82 Å². The predicted octanol–water partition coefficient (Wildman–Crippen LogP) is 3.58. The van der Waals surface area contributed by atoms with Crippen molar-refractivity contribution >= 4 is 23.1 Å². The SMILES string of the molecule is COc1c(Cl)cc(F)cc1[C@@H](C)Nc1ccn2ncc(C#N)c2n1. The van der Waals surface area contributed by atoms with E-state index in [2.05, 4.69) is 15.4 Å². The maximum Gasteiger partial charge on any atom is 0.175 e. The molecular formula is C16H13ClFN5O. The van der Waals surface area contributed by atoms with E-state index in [0.29, 0.717) is 28.3 Å². The molecular weight excluding hydrogens is 333 g/mol. The fourth-order valence-corrected chi connectivity index (χ4v) is 2.74. The Bertz CT molecular complexity index is 950. The number of hydrogen-bond acceptors (Lipinski definition) is 5. The maximum absolute atomic E-state index is 13.7. The number of rotatable bonds is 4. The number of anilines is 1. The number of ether oxygens (including phenoxy) is 1. The van der Waals surface area contributed by atoms with Crippen LogP contribution >= 0.6 is 11.6 Å². The van der Waals surface area contributed by atoms with E-state index in [0.717, 1.165) is 0 Å². The van der Waals surface area contributed by atoms with Crippen molar-refractivity contribution in [3.8, 4) is 11.8 Å². The largest absolute Gasteiger partial charge is 0.495 e. The van der Waals surface area contributed by atoms with Gasteiger partial charge in [0.25, 0.3) is 0 Å². The third-order valence-electron chi connectivity index (χ3n) is 3.56. The molecule has 3 aromatic rings. The van der Waals surface area contributed by atoms with Crippen molar-refractivity contribution in [1.82, 2.24) is 14.6 Å². The molecule has 0 aliphatic carbocycles. The highest BCUT2D eigenvalue weighted by molar-refractivity contribution is 6.32. The first-order chi connectivity index (χ1) is 11.5. The number of halogens is 2. The monoisotopic (exact) mass is 345 g/mol. The van der Waals surface area contributed by atoms with Crippen LogP contribution in [0.2, 0.25) is 5.02 Å². The molecule has 0 fully saturated rings. The van der Waals surface area contributed by atoms with Gasteiger partial charge in [0.2, 0.25) is 0 Å². The van der Waals surface area contributed by atoms with E-state index in [1.807, 2.05) is 13.0 Å². The fraction of sp³-hybridized carbons (Fsp3) is 0.188. The first-order valence-electron chi connectivity index (χ1n) is 7.07. The molecule has 0 saturated carbocycles. The van der Waals surface area contributed by atoms with Gasteiger partial charge in [0, 0.05) is 11.8 Å². The lowest BCUT2D eigenvalue weighted by Gasteiger charge is -2.19. The van der Waals surface area contributed by atoms with Gasteiger partial charge in [-0.25, -0.2) is 13.9 Å². The Morgan fingerprint density at radius 1 is 1.46 bits per heavy atom. The lowest BCUT2D eigenvalue weighted by atomic mass is 10.1. The number of benzene rings is 1. The van der Waals surface area contributed by atoms with Crippen molar-refractivity contribution in [1.29, 1.82) is 5.26 Å². The molecule has 1 N–H and O–H groups in total. The molecule has 0 spiro atoms. The van der Waals surface area contributed by atoms with E-state index in [1.54, 1.807) is 12.3 Å². The lowest BCUT2D eigenvalue weighted by Crippen LogP contribution is -2.10. The van der Waals surface area contributed by atoms with Gasteiger partial charge in [-0.15, -0.1) is 0 Å². The predicted molar refractivity (Wildman–Crippen MR) is 87.7 cm³/mol. The summed E-state index contributed by atoms with van der Waals surface area (Å²) in [6, 6.07) is 5.99. The number of nitriles is 1. The fourth-order valence-electron chi connectivity index (χ4n) is 2.44. The highest BCUT2D eigenvalue weighted by atomic mass is 35.5. The van der Waals surface area contributed by atoms with Crippen molar-refractivity contribution in [2.75, 3.05) is 12.4 Å². The minimum Gasteiger partial charge on any atom is -0.495 e. The maximum atomic E-state index is 13.7. The number of fused-ring (bicyclic) bond motifs is 1. The first kappa shape index (κ1) is 16.0. The van der Waals surface area contributed by atoms with Crippen LogP contribution in [0.5, 0.6) is 5.75 Å². The van der Waals surface area contributed by atoms with Gasteiger partial charge in [-0.05, 0) is 25.1 Å². The Labute approximate surface area is 142 Å². The smallest absolute Gasteiger partial charge is 0.175 e. The average molecular weight is 346 g/mol. The van der Waals surface area contributed by atoms with Gasteiger partial charge in [-0.1, -0.05) is 11.6 Å². The molecule has 0 saturated heterocycles. The number of nitrogens with one attached hydrogen (secondary N) is 1. The molecule has 0 aliphatic rings. The number of hydrogen-bond donors (Lipinski definition) is 1. The van der Waals surface area contributed by atoms with Gasteiger partial charge in [-0.2, -0.15) is 10.4 Å². The van der Waals surface area contributed by atoms with Crippen molar-refractivity contribution in [3.63, 3.8) is 0 Å². The van der Waals surface area contributed by atoms with Crippen LogP contribution < -0.4 is 10.1 Å². The first-order valence-corrected chi connectivity index (χ1v) is 7.45. The molecule has 2 heterocycles. The molecule has 8 heteroatoms. The number of methoxy groups -OCH3 is 1. The summed E-state index contributed by atoms with van der Waals surface area (Å²) >= 11 is 6.03. The van der Waals surface area contributed by atoms with Crippen LogP contribution in [0, 0.1) is 17.1 Å². The van der Waals surface area contributed by atoms with Crippen LogP contribution in [-0.2, 0) is 0 Å². The van der Waals surface area contributed by atoms with Crippen LogP contribution in [0.3, 0.4) is 0 Å². The molecule has 24 heavy (non-hydrogen) atoms. The summed E-state index contributed by atoms with van der Waals surface area (Å²) in [6.45, 7) is 1.83. The summed E-state index contributed by atoms with van der Waals surface area (Å²) in [4.78, 5) is 4.37. The summed E-state index contributed by atoms with van der Waals surface area (Å²) in [5, 5.41) is 16.5. The van der Waals surface area contributed by atoms with Crippen molar-refractivity contribution < 1.29 is 9.13 Å². The Hall–Kier alpha value is -2.85. The second-order valence-electron chi connectivity index (χ2n) is 5.13. The number of nitrogens with zero attached hydrogens (tertiary/aromatic N) is 4. The van der Waals surface area contributed by atoms with Gasteiger partial charge in [-0.3, -0.25) is 0 Å². The quantitative estimate of drug-likeness (QED) is 0.782. The minimum absolute atomic E-state index is 0.201. The summed E-state index contributed by atoms with van der Waals surface area (Å²) in [6.07, 6.45) is 3.14. The van der Waals surface area contributed by atoms with Crippen LogP contribution in [0.25, 0.3) is 5.65 Å². The van der Waals surface area contributed by atoms with Gasteiger partial charge >= 0.3 is 0 Å². The van der Waals surface area contributed by atoms with Crippen molar-refractivity contribution in [2.24, 2.45) is 0 Å². The highest BCUT2D eigenvalue weighted by Crippen LogP contribution is 2.34. The third kappa shape index (κ3) is 2.84. The molecule has 0 amide bonds. The van der Waals surface area contributed by atoms with E-state index in [-0.39, 0.29) is 11.1 Å². The molecule has 6 nitrogen and oxygen atoms in total. The Morgan fingerprint density at radius 2 is 2.25 bits per heavy atom. The minimum atomic E-state index is -0.449. The molecule has 0 bridgehead atoms. The topological polar surface area (TPSA) is 75.2 Å². The van der Waals surface area contributed by atoms with Crippen LogP contribution in [0.4, 0.5) is 10.2 Å². The summed E-state index contributed by atoms with van der Waals surface area (Å²) < 4.78 is 20.5. The van der Waals surface area contributed by atoms with Crippen LogP contribution in [0.1, 0.15) is 24.1 Å². The molecule has 0 radical (unpaired) electrons. The van der Waals surface area contributed by atoms with E-state index >= 15 is 0 Å². The lowest BCUT2D eigenvalue weighted by molar-refractivity contribution is 0.406. The molecule has 3 rings (SSSR count). The molecule has 0 unspecified atom stereocenters. The number of aromatic nitrogens is 3. The Balaban J connectivity index is 1.95. The average Bonchev–Trinajstić information content (AvgIpc) is 2.96. The molecule has 122 valence electrons. The molecule has 0 aliphatic heterocycles. The molecule has 1 aromatic carbocycles. The molecule has 1 atom stereocenters. The zero-order chi connectivity index (χ0) is 17.3. The van der Waals surface area contributed by atoms with E-state index in [4.69, 9.17) is 21.6 Å². The van der Waals surface area contributed by atoms with Gasteiger partial charge in [0.15, 0.2) is 5.65 Å². The molecule has 2 aromatic heterocycles. The van der Waals surface area contributed by atoms with E-state index in [1.165, 1.54) is 30.0 Å². The normalized spacial score (nSPS) is 12.0. The van der Waals surface area contributed by atoms with Crippen molar-refractivity contribution in [3.05, 3.63) is 52.6 Å². The summed E-state index contributed by atoms with van der Waals surface area (Å²) in [7, 11) is 1.48. The summed E-state index contributed by atoms with van der Waals surface area (Å²) in [5.41, 5.74) is 1.38. The zero-order valence-corrected chi connectivity index (χ0v) is 13.7. The standard InChI is InChI=1S/C16H13ClFN5O/c1-9(12-5-11(18)6-13(17)15(12)24-2)21-14-3-4-23-16(22-14)10(7-19)8-20-23/h3-6,8-9H,1-2H3,(H,21,22)/t9-/m1/s1. The highest BCUT2D eigenvalue weighted by Gasteiger charge is 2.17. The van der Waals surface area contributed by atoms with Gasteiger partial charge < -0.3 is 10.1 Å². The Kier molecular flexibility index (Phi) is 4.23. The van der Waals surface area contributed by atoms with Crippen molar-refractivity contribution in [2.45, 2.75) is 13.0 Å². The van der Waals surface area contributed by atoms with E-state index in [9.17, 15) is 4.39 Å². The van der Waals surface area contributed by atoms with Gasteiger partial charge in [0.05, 0.1) is 24.4 Å². The summed E-state index contributed by atoms with van der Waals surface area (Å²) in [5.74, 6) is 0.478. The second kappa shape index (κ2) is 6.34. The van der Waals surface area contributed by atoms with Gasteiger partial charge in [0.1, 0.15) is 29.0 Å². The van der Waals surface area contributed by atoms with Crippen LogP contribution in [-0.4, -0.2) is 21.7 Å². The zero-order valence-electron chi connectivity index (χ0n) is 12.9. The Morgan fingerprint density at radius 3 is 2.96 bits per heavy atom. The second-order valence-corrected chi connectivity index (χ2v) is 5.53.